The van der Waals surface area contributed by atoms with Crippen LogP contribution in [0.2, 0.25) is 0 Å². The molecule has 2 aromatic heterocycles. The second-order valence-electron chi connectivity index (χ2n) is 8.81. The molecule has 4 rings (SSSR count). The number of anilines is 2. The molecule has 2 aromatic carbocycles. The van der Waals surface area contributed by atoms with Crippen LogP contribution in [-0.2, 0) is 32.8 Å². The molecule has 0 aliphatic carbocycles. The first-order valence-corrected chi connectivity index (χ1v) is 12.9. The van der Waals surface area contributed by atoms with E-state index in [1.807, 2.05) is 29.8 Å². The van der Waals surface area contributed by atoms with E-state index in [4.69, 9.17) is 14.6 Å². The topological polar surface area (TPSA) is 140 Å². The van der Waals surface area contributed by atoms with Crippen LogP contribution >= 0.6 is 0 Å². The lowest BCUT2D eigenvalue weighted by molar-refractivity contribution is -0.142. The summed E-state index contributed by atoms with van der Waals surface area (Å²) in [6, 6.07) is 17.9. The van der Waals surface area contributed by atoms with Crippen LogP contribution in [0.5, 0.6) is 0 Å². The minimum absolute atomic E-state index is 0.0485. The van der Waals surface area contributed by atoms with E-state index in [9.17, 15) is 14.4 Å². The van der Waals surface area contributed by atoms with E-state index in [2.05, 4.69) is 20.8 Å². The van der Waals surface area contributed by atoms with Crippen molar-refractivity contribution >= 4 is 46.7 Å². The van der Waals surface area contributed by atoms with Gasteiger partial charge in [-0.15, -0.1) is 0 Å². The number of aryl methyl sites for hydroxylation is 1. The Hall–Kier alpha value is -5.26. The predicted octanol–water partition coefficient (Wildman–Crippen LogP) is 3.23. The normalized spacial score (nSPS) is 11.1. The maximum Gasteiger partial charge on any atom is 0.307 e. The molecule has 0 unspecified atom stereocenters. The van der Waals surface area contributed by atoms with Gasteiger partial charge >= 0.3 is 5.97 Å². The predicted molar refractivity (Wildman–Crippen MR) is 154 cm³/mol. The third kappa shape index (κ3) is 7.04. The number of nitrogens with zero attached hydrogens (tertiary/aromatic N) is 5. The molecule has 2 amide bonds. The second-order valence-corrected chi connectivity index (χ2v) is 8.81. The summed E-state index contributed by atoms with van der Waals surface area (Å²) in [7, 11) is 3.32. The molecular formula is C29H31N7O5. The molecule has 0 fully saturated rings. The fraction of sp³-hybridized carbons (Fsp3) is 0.241. The number of fused-ring (bicyclic) bond motifs is 1. The molecule has 2 N–H and O–H groups in total. The maximum atomic E-state index is 13.6. The van der Waals surface area contributed by atoms with Crippen molar-refractivity contribution in [3.8, 4) is 0 Å². The van der Waals surface area contributed by atoms with Gasteiger partial charge in [0, 0.05) is 36.6 Å². The number of rotatable bonds is 12. The zero-order valence-corrected chi connectivity index (χ0v) is 23.0. The van der Waals surface area contributed by atoms with Gasteiger partial charge in [-0.1, -0.05) is 11.2 Å². The number of benzene rings is 2. The van der Waals surface area contributed by atoms with Gasteiger partial charge in [0.2, 0.25) is 6.41 Å². The van der Waals surface area contributed by atoms with Gasteiger partial charge in [0.25, 0.3) is 5.91 Å². The van der Waals surface area contributed by atoms with Gasteiger partial charge in [0.1, 0.15) is 18.8 Å². The Balaban J connectivity index is 1.51. The first-order chi connectivity index (χ1) is 19.9. The monoisotopic (exact) mass is 557 g/mol. The van der Waals surface area contributed by atoms with Crippen LogP contribution in [0.25, 0.3) is 11.0 Å². The number of imidazole rings is 1. The van der Waals surface area contributed by atoms with Crippen molar-refractivity contribution in [2.75, 3.05) is 30.5 Å². The third-order valence-electron chi connectivity index (χ3n) is 6.22. The number of aromatic nitrogens is 3. The SMILES string of the molecule is CCOC(=O)CCN(C(=O)c1ccc2c(c1)nc(CNc1ccc(/C(=N/OC)NC=O)cc1)n2C)c1ccccn1. The van der Waals surface area contributed by atoms with E-state index >= 15 is 0 Å². The van der Waals surface area contributed by atoms with Gasteiger partial charge in [-0.2, -0.15) is 0 Å². The Kier molecular flexibility index (Phi) is 9.60. The number of oxime groups is 1. The van der Waals surface area contributed by atoms with Crippen LogP contribution in [0.3, 0.4) is 0 Å². The number of nitrogens with one attached hydrogen (secondary N) is 2. The quantitative estimate of drug-likeness (QED) is 0.0890. The zero-order valence-electron chi connectivity index (χ0n) is 23.0. The van der Waals surface area contributed by atoms with Crippen LogP contribution in [-0.4, -0.2) is 58.9 Å². The molecule has 0 saturated carbocycles. The number of carbonyl (C=O) groups is 3. The van der Waals surface area contributed by atoms with Crippen LogP contribution in [0.15, 0.2) is 72.0 Å². The lowest BCUT2D eigenvalue weighted by Gasteiger charge is -2.21. The van der Waals surface area contributed by atoms with Crippen LogP contribution in [0.1, 0.15) is 35.1 Å². The van der Waals surface area contributed by atoms with E-state index in [0.29, 0.717) is 41.3 Å². The van der Waals surface area contributed by atoms with E-state index in [0.717, 1.165) is 17.0 Å². The summed E-state index contributed by atoms with van der Waals surface area (Å²) < 4.78 is 6.99. The van der Waals surface area contributed by atoms with Gasteiger partial charge in [-0.3, -0.25) is 19.3 Å². The maximum absolute atomic E-state index is 13.6. The number of hydrogen-bond donors (Lipinski definition) is 2. The molecule has 212 valence electrons. The lowest BCUT2D eigenvalue weighted by atomic mass is 10.1. The second kappa shape index (κ2) is 13.7. The summed E-state index contributed by atoms with van der Waals surface area (Å²) in [4.78, 5) is 51.7. The molecule has 2 heterocycles. The fourth-order valence-corrected chi connectivity index (χ4v) is 4.20. The summed E-state index contributed by atoms with van der Waals surface area (Å²) in [6.07, 6.45) is 2.18. The molecule has 0 aliphatic rings. The highest BCUT2D eigenvalue weighted by atomic mass is 16.6. The van der Waals surface area contributed by atoms with Crippen LogP contribution < -0.4 is 15.5 Å². The molecule has 0 saturated heterocycles. The number of amides is 2. The molecule has 12 nitrogen and oxygen atoms in total. The molecule has 0 spiro atoms. The van der Waals surface area contributed by atoms with Gasteiger partial charge in [-0.25, -0.2) is 9.97 Å². The number of amidine groups is 1. The Labute approximate surface area is 237 Å². The Bertz CT molecular complexity index is 1530. The van der Waals surface area contributed by atoms with E-state index < -0.39 is 0 Å². The average Bonchev–Trinajstić information content (AvgIpc) is 3.31. The van der Waals surface area contributed by atoms with Crippen molar-refractivity contribution in [2.24, 2.45) is 12.2 Å². The molecule has 41 heavy (non-hydrogen) atoms. The lowest BCUT2D eigenvalue weighted by Crippen LogP contribution is -2.34. The minimum atomic E-state index is -0.380. The first kappa shape index (κ1) is 28.7. The summed E-state index contributed by atoms with van der Waals surface area (Å²) in [5, 5.41) is 9.65. The largest absolute Gasteiger partial charge is 0.466 e. The molecule has 4 aromatic rings. The number of ether oxygens (including phenoxy) is 1. The minimum Gasteiger partial charge on any atom is -0.466 e. The smallest absolute Gasteiger partial charge is 0.307 e. The highest BCUT2D eigenvalue weighted by molar-refractivity contribution is 6.07. The molecule has 0 bridgehead atoms. The zero-order chi connectivity index (χ0) is 29.2. The van der Waals surface area contributed by atoms with Crippen molar-refractivity contribution in [3.63, 3.8) is 0 Å². The van der Waals surface area contributed by atoms with Crippen LogP contribution in [0, 0.1) is 0 Å². The van der Waals surface area contributed by atoms with E-state index in [1.54, 1.807) is 55.6 Å². The summed E-state index contributed by atoms with van der Waals surface area (Å²) in [5.41, 5.74) is 3.48. The summed E-state index contributed by atoms with van der Waals surface area (Å²) in [6.45, 7) is 2.58. The number of esters is 1. The van der Waals surface area contributed by atoms with E-state index in [-0.39, 0.29) is 31.4 Å². The van der Waals surface area contributed by atoms with Gasteiger partial charge < -0.3 is 24.8 Å². The molecule has 12 heteroatoms. The number of hydrogen-bond acceptors (Lipinski definition) is 9. The fourth-order valence-electron chi connectivity index (χ4n) is 4.20. The standard InChI is InChI=1S/C29H31N7O5/c1-4-41-27(38)14-16-36(25-7-5-6-15-30-25)29(39)21-10-13-24-23(17-21)33-26(35(24)2)18-31-22-11-8-20(9-12-22)28(32-19-37)34-40-3/h5-13,15,17,19,31H,4,14,16,18H2,1-3H3,(H,32,34,37). The van der Waals surface area contributed by atoms with Gasteiger partial charge in [-0.05, 0) is 61.5 Å². The van der Waals surface area contributed by atoms with E-state index in [1.165, 1.54) is 12.0 Å². The van der Waals surface area contributed by atoms with Gasteiger partial charge in [0.15, 0.2) is 5.84 Å². The average molecular weight is 558 g/mol. The van der Waals surface area contributed by atoms with Crippen molar-refractivity contribution in [1.82, 2.24) is 19.9 Å². The Morgan fingerprint density at radius 2 is 1.88 bits per heavy atom. The Morgan fingerprint density at radius 1 is 1.10 bits per heavy atom. The van der Waals surface area contributed by atoms with Gasteiger partial charge in [0.05, 0.1) is 30.6 Å². The van der Waals surface area contributed by atoms with Crippen molar-refractivity contribution in [1.29, 1.82) is 0 Å². The number of pyridine rings is 1. The van der Waals surface area contributed by atoms with Crippen LogP contribution in [0.4, 0.5) is 11.5 Å². The molecule has 0 atom stereocenters. The first-order valence-electron chi connectivity index (χ1n) is 12.9. The van der Waals surface area contributed by atoms with Crippen molar-refractivity contribution in [3.05, 3.63) is 83.8 Å². The molecule has 0 aliphatic heterocycles. The highest BCUT2D eigenvalue weighted by Gasteiger charge is 2.21. The molecule has 0 radical (unpaired) electrons. The third-order valence-corrected chi connectivity index (χ3v) is 6.22. The van der Waals surface area contributed by atoms with Crippen molar-refractivity contribution < 1.29 is 24.0 Å². The summed E-state index contributed by atoms with van der Waals surface area (Å²) >= 11 is 0. The van der Waals surface area contributed by atoms with Crippen molar-refractivity contribution in [2.45, 2.75) is 19.9 Å². The molecular weight excluding hydrogens is 526 g/mol. The Morgan fingerprint density at radius 3 is 2.56 bits per heavy atom. The summed E-state index contributed by atoms with van der Waals surface area (Å²) in [5.74, 6) is 0.843. The highest BCUT2D eigenvalue weighted by Crippen LogP contribution is 2.21. The number of carbonyl (C=O) groups excluding carboxylic acids is 3.